The number of unbranched alkanes of at least 4 members (excludes halogenated alkanes) is 2. The highest BCUT2D eigenvalue weighted by Crippen LogP contribution is 2.60. The topological polar surface area (TPSA) is 30.7 Å². The Kier molecular flexibility index (Phi) is 3.35. The van der Waals surface area contributed by atoms with Gasteiger partial charge in [-0.15, -0.1) is 10.2 Å². The van der Waals surface area contributed by atoms with Gasteiger partial charge in [0.15, 0.2) is 0 Å². The van der Waals surface area contributed by atoms with Gasteiger partial charge in [-0.3, -0.25) is 0 Å². The van der Waals surface area contributed by atoms with Crippen molar-refractivity contribution in [2.75, 3.05) is 0 Å². The molecule has 4 aliphatic rings. The summed E-state index contributed by atoms with van der Waals surface area (Å²) in [7, 11) is 0. The van der Waals surface area contributed by atoms with Gasteiger partial charge in [0.1, 0.15) is 11.6 Å². The lowest BCUT2D eigenvalue weighted by Crippen LogP contribution is -2.49. The molecule has 0 aliphatic heterocycles. The standard InChI is InChI=1S/C18H29N3/c1-3-4-5-6-21-13(2)19-20-17(21)18-10-14-7-15(11-18)9-16(8-14)12-18/h14-16H,3-12H2,1-2H3. The Morgan fingerprint density at radius 2 is 1.62 bits per heavy atom. The van der Waals surface area contributed by atoms with Gasteiger partial charge >= 0.3 is 0 Å². The highest BCUT2D eigenvalue weighted by Gasteiger charge is 2.53. The maximum atomic E-state index is 4.70. The third kappa shape index (κ3) is 2.24. The molecule has 3 nitrogen and oxygen atoms in total. The lowest BCUT2D eigenvalue weighted by atomic mass is 9.49. The van der Waals surface area contributed by atoms with Gasteiger partial charge < -0.3 is 4.57 Å². The quantitative estimate of drug-likeness (QED) is 0.758. The summed E-state index contributed by atoms with van der Waals surface area (Å²) in [6.07, 6.45) is 12.6. The minimum atomic E-state index is 0.391. The lowest BCUT2D eigenvalue weighted by Gasteiger charge is -2.56. The molecule has 4 fully saturated rings. The minimum Gasteiger partial charge on any atom is -0.315 e. The molecule has 1 heterocycles. The van der Waals surface area contributed by atoms with Crippen LogP contribution >= 0.6 is 0 Å². The largest absolute Gasteiger partial charge is 0.315 e. The Labute approximate surface area is 128 Å². The Bertz CT molecular complexity index is 481. The molecule has 5 rings (SSSR count). The number of hydrogen-bond acceptors (Lipinski definition) is 2. The highest BCUT2D eigenvalue weighted by atomic mass is 15.3. The van der Waals surface area contributed by atoms with Crippen LogP contribution in [-0.4, -0.2) is 14.8 Å². The Hall–Kier alpha value is -0.860. The van der Waals surface area contributed by atoms with Crippen molar-refractivity contribution < 1.29 is 0 Å². The van der Waals surface area contributed by atoms with Crippen molar-refractivity contribution in [3.63, 3.8) is 0 Å². The van der Waals surface area contributed by atoms with Crippen molar-refractivity contribution in [2.24, 2.45) is 17.8 Å². The summed E-state index contributed by atoms with van der Waals surface area (Å²) in [6.45, 7) is 5.55. The average Bonchev–Trinajstić information content (AvgIpc) is 2.80. The summed E-state index contributed by atoms with van der Waals surface area (Å²) in [5.41, 5.74) is 0.391. The number of rotatable bonds is 5. The van der Waals surface area contributed by atoms with Crippen LogP contribution < -0.4 is 0 Å². The second kappa shape index (κ2) is 5.10. The average molecular weight is 287 g/mol. The molecule has 4 saturated carbocycles. The molecule has 3 heteroatoms. The van der Waals surface area contributed by atoms with E-state index in [4.69, 9.17) is 5.10 Å². The fourth-order valence-electron chi connectivity index (χ4n) is 5.95. The van der Waals surface area contributed by atoms with E-state index in [0.29, 0.717) is 5.41 Å². The van der Waals surface area contributed by atoms with Gasteiger partial charge in [-0.25, -0.2) is 0 Å². The molecule has 0 spiro atoms. The van der Waals surface area contributed by atoms with Crippen molar-refractivity contribution in [1.29, 1.82) is 0 Å². The van der Waals surface area contributed by atoms with E-state index in [0.717, 1.165) is 30.1 Å². The lowest BCUT2D eigenvalue weighted by molar-refractivity contribution is -0.0112. The summed E-state index contributed by atoms with van der Waals surface area (Å²) in [5, 5.41) is 9.16. The first-order valence-corrected chi connectivity index (χ1v) is 9.10. The zero-order valence-electron chi connectivity index (χ0n) is 13.6. The van der Waals surface area contributed by atoms with Crippen LogP contribution in [0.3, 0.4) is 0 Å². The summed E-state index contributed by atoms with van der Waals surface area (Å²) in [5.74, 6) is 5.44. The summed E-state index contributed by atoms with van der Waals surface area (Å²) in [4.78, 5) is 0. The fraction of sp³-hybridized carbons (Fsp3) is 0.889. The Morgan fingerprint density at radius 3 is 2.19 bits per heavy atom. The van der Waals surface area contributed by atoms with E-state index in [2.05, 4.69) is 23.5 Å². The number of aryl methyl sites for hydroxylation is 1. The molecule has 1 aromatic rings. The number of hydrogen-bond donors (Lipinski definition) is 0. The molecular formula is C18H29N3. The predicted octanol–water partition coefficient (Wildman–Crippen LogP) is 4.24. The maximum absolute atomic E-state index is 4.70. The first-order valence-electron chi connectivity index (χ1n) is 9.10. The van der Waals surface area contributed by atoms with Crippen LogP contribution in [0.4, 0.5) is 0 Å². The zero-order chi connectivity index (χ0) is 14.4. The van der Waals surface area contributed by atoms with Crippen LogP contribution in [0.5, 0.6) is 0 Å². The van der Waals surface area contributed by atoms with Crippen LogP contribution in [0, 0.1) is 24.7 Å². The van der Waals surface area contributed by atoms with E-state index < -0.39 is 0 Å². The van der Waals surface area contributed by atoms with E-state index in [-0.39, 0.29) is 0 Å². The van der Waals surface area contributed by atoms with E-state index in [9.17, 15) is 0 Å². The monoisotopic (exact) mass is 287 g/mol. The van der Waals surface area contributed by atoms with E-state index >= 15 is 0 Å². The smallest absolute Gasteiger partial charge is 0.139 e. The summed E-state index contributed by atoms with van der Waals surface area (Å²) in [6, 6.07) is 0. The Morgan fingerprint density at radius 1 is 1.00 bits per heavy atom. The first kappa shape index (κ1) is 13.8. The second-order valence-electron chi connectivity index (χ2n) is 8.13. The van der Waals surface area contributed by atoms with Crippen molar-refractivity contribution in [1.82, 2.24) is 14.8 Å². The maximum Gasteiger partial charge on any atom is 0.139 e. The van der Waals surface area contributed by atoms with Gasteiger partial charge in [-0.2, -0.15) is 0 Å². The van der Waals surface area contributed by atoms with Gasteiger partial charge in [0, 0.05) is 12.0 Å². The fourth-order valence-corrected chi connectivity index (χ4v) is 5.95. The van der Waals surface area contributed by atoms with Gasteiger partial charge in [0.2, 0.25) is 0 Å². The SMILES string of the molecule is CCCCCn1c(C)nnc1C12CC3CC(CC(C3)C1)C2. The summed E-state index contributed by atoms with van der Waals surface area (Å²) >= 11 is 0. The predicted molar refractivity (Wildman–Crippen MR) is 84.1 cm³/mol. The van der Waals surface area contributed by atoms with Gasteiger partial charge in [0.25, 0.3) is 0 Å². The molecule has 4 aliphatic carbocycles. The molecular weight excluding hydrogens is 258 g/mol. The molecule has 0 atom stereocenters. The molecule has 116 valence electrons. The zero-order valence-corrected chi connectivity index (χ0v) is 13.6. The number of aromatic nitrogens is 3. The third-order valence-electron chi connectivity index (χ3n) is 6.43. The molecule has 21 heavy (non-hydrogen) atoms. The minimum absolute atomic E-state index is 0.391. The van der Waals surface area contributed by atoms with Crippen LogP contribution in [-0.2, 0) is 12.0 Å². The molecule has 4 bridgehead atoms. The third-order valence-corrected chi connectivity index (χ3v) is 6.43. The molecule has 0 aromatic carbocycles. The highest BCUT2D eigenvalue weighted by molar-refractivity contribution is 5.18. The Balaban J connectivity index is 1.64. The normalized spacial score (nSPS) is 37.3. The van der Waals surface area contributed by atoms with Gasteiger partial charge in [-0.1, -0.05) is 19.8 Å². The van der Waals surface area contributed by atoms with E-state index in [1.54, 1.807) is 0 Å². The van der Waals surface area contributed by atoms with Crippen molar-refractivity contribution in [3.8, 4) is 0 Å². The van der Waals surface area contributed by atoms with E-state index in [1.165, 1.54) is 63.6 Å². The molecule has 0 saturated heterocycles. The molecule has 1 aromatic heterocycles. The summed E-state index contributed by atoms with van der Waals surface area (Å²) < 4.78 is 2.48. The van der Waals surface area contributed by atoms with Crippen molar-refractivity contribution in [2.45, 2.75) is 83.6 Å². The van der Waals surface area contributed by atoms with Crippen molar-refractivity contribution in [3.05, 3.63) is 11.6 Å². The van der Waals surface area contributed by atoms with Crippen LogP contribution in [0.1, 0.15) is 76.4 Å². The van der Waals surface area contributed by atoms with Gasteiger partial charge in [0.05, 0.1) is 0 Å². The molecule has 0 unspecified atom stereocenters. The van der Waals surface area contributed by atoms with Crippen LogP contribution in [0.2, 0.25) is 0 Å². The van der Waals surface area contributed by atoms with E-state index in [1.807, 2.05) is 0 Å². The second-order valence-corrected chi connectivity index (χ2v) is 8.13. The molecule has 0 N–H and O–H groups in total. The molecule has 0 radical (unpaired) electrons. The number of nitrogens with zero attached hydrogens (tertiary/aromatic N) is 3. The van der Waals surface area contributed by atoms with Crippen LogP contribution in [0.15, 0.2) is 0 Å². The first-order chi connectivity index (χ1) is 10.2. The van der Waals surface area contributed by atoms with Crippen molar-refractivity contribution >= 4 is 0 Å². The van der Waals surface area contributed by atoms with Crippen LogP contribution in [0.25, 0.3) is 0 Å². The van der Waals surface area contributed by atoms with Gasteiger partial charge in [-0.05, 0) is 69.6 Å². The molecule has 0 amide bonds.